The van der Waals surface area contributed by atoms with Crippen LogP contribution in [-0.4, -0.2) is 22.3 Å². The molecule has 6 nitrogen and oxygen atoms in total. The van der Waals surface area contributed by atoms with Crippen LogP contribution in [0.5, 0.6) is 0 Å². The molecule has 0 atom stereocenters. The molecule has 1 amide bonds. The number of aromatic amines is 1. The summed E-state index contributed by atoms with van der Waals surface area (Å²) in [5.74, 6) is -0.620. The molecule has 31 heavy (non-hydrogen) atoms. The monoisotopic (exact) mass is 472 g/mol. The molecule has 0 saturated heterocycles. The number of hydrogen-bond donors (Lipinski definition) is 2. The van der Waals surface area contributed by atoms with Crippen LogP contribution in [0.15, 0.2) is 99.3 Å². The molecule has 1 heterocycles. The molecular formula is C24H17BrN4O2. The van der Waals surface area contributed by atoms with Crippen molar-refractivity contribution in [2.45, 2.75) is 0 Å². The molecule has 7 heteroatoms. The summed E-state index contributed by atoms with van der Waals surface area (Å²) in [6, 6.07) is 26.1. The van der Waals surface area contributed by atoms with Crippen molar-refractivity contribution in [1.82, 2.24) is 15.6 Å². The summed E-state index contributed by atoms with van der Waals surface area (Å²) >= 11 is 3.39. The van der Waals surface area contributed by atoms with E-state index in [4.69, 9.17) is 0 Å². The second-order valence-corrected chi connectivity index (χ2v) is 7.55. The molecule has 0 spiro atoms. The van der Waals surface area contributed by atoms with Crippen LogP contribution in [0, 0.1) is 0 Å². The minimum Gasteiger partial charge on any atom is -0.267 e. The topological polar surface area (TPSA) is 87.2 Å². The van der Waals surface area contributed by atoms with Crippen molar-refractivity contribution in [2.75, 3.05) is 0 Å². The van der Waals surface area contributed by atoms with Gasteiger partial charge < -0.3 is 0 Å². The summed E-state index contributed by atoms with van der Waals surface area (Å²) in [5.41, 5.74) is 5.07. The average Bonchev–Trinajstić information content (AvgIpc) is 2.80. The zero-order valence-corrected chi connectivity index (χ0v) is 17.8. The number of aromatic nitrogens is 2. The molecule has 0 aliphatic carbocycles. The molecule has 3 aromatic carbocycles. The standard InChI is InChI=1S/C24H17BrN4O2/c25-19-13-7-8-16(14-19)15-26-28-23(30)21-20(17-9-3-1-4-10-17)22(27-29-24(21)31)18-11-5-2-6-12-18/h1-15H,(H,28,30)(H,29,31)/b26-15+. The van der Waals surface area contributed by atoms with Gasteiger partial charge in [-0.1, -0.05) is 88.7 Å². The van der Waals surface area contributed by atoms with Crippen LogP contribution in [0.2, 0.25) is 0 Å². The molecule has 152 valence electrons. The average molecular weight is 473 g/mol. The summed E-state index contributed by atoms with van der Waals surface area (Å²) < 4.78 is 0.896. The van der Waals surface area contributed by atoms with E-state index in [1.807, 2.05) is 84.9 Å². The summed E-state index contributed by atoms with van der Waals surface area (Å²) in [6.45, 7) is 0. The Kier molecular flexibility index (Phi) is 6.14. The Hall–Kier alpha value is -3.84. The first-order chi connectivity index (χ1) is 15.1. The maximum Gasteiger partial charge on any atom is 0.277 e. The summed E-state index contributed by atoms with van der Waals surface area (Å²) in [7, 11) is 0. The third kappa shape index (κ3) is 4.67. The van der Waals surface area contributed by atoms with Gasteiger partial charge in [0, 0.05) is 15.6 Å². The second kappa shape index (κ2) is 9.32. The SMILES string of the molecule is O=C(N/N=C/c1cccc(Br)c1)c1c(-c2ccccc2)c(-c2ccccc2)n[nH]c1=O. The molecule has 2 N–H and O–H groups in total. The predicted octanol–water partition coefficient (Wildman–Crippen LogP) is 4.63. The fourth-order valence-electron chi connectivity index (χ4n) is 3.17. The number of halogens is 1. The lowest BCUT2D eigenvalue weighted by atomic mass is 9.95. The van der Waals surface area contributed by atoms with Gasteiger partial charge in [0.2, 0.25) is 0 Å². The Bertz CT molecular complexity index is 1300. The molecule has 0 radical (unpaired) electrons. The Morgan fingerprint density at radius 3 is 2.29 bits per heavy atom. The molecule has 0 aliphatic heterocycles. The van der Waals surface area contributed by atoms with Crippen LogP contribution >= 0.6 is 15.9 Å². The van der Waals surface area contributed by atoms with Crippen LogP contribution in [0.1, 0.15) is 15.9 Å². The highest BCUT2D eigenvalue weighted by atomic mass is 79.9. The molecule has 4 aromatic rings. The van der Waals surface area contributed by atoms with E-state index in [1.165, 1.54) is 6.21 Å². The van der Waals surface area contributed by atoms with Crippen molar-refractivity contribution in [2.24, 2.45) is 5.10 Å². The number of nitrogens with one attached hydrogen (secondary N) is 2. The molecule has 4 rings (SSSR count). The lowest BCUT2D eigenvalue weighted by Crippen LogP contribution is -2.28. The van der Waals surface area contributed by atoms with Crippen molar-refractivity contribution < 1.29 is 4.79 Å². The van der Waals surface area contributed by atoms with Crippen LogP contribution in [0.4, 0.5) is 0 Å². The predicted molar refractivity (Wildman–Crippen MR) is 125 cm³/mol. The number of amides is 1. The van der Waals surface area contributed by atoms with Gasteiger partial charge in [-0.05, 0) is 23.3 Å². The fourth-order valence-corrected chi connectivity index (χ4v) is 3.58. The number of nitrogens with zero attached hydrogens (tertiary/aromatic N) is 2. The van der Waals surface area contributed by atoms with Gasteiger partial charge in [0.25, 0.3) is 11.5 Å². The fraction of sp³-hybridized carbons (Fsp3) is 0. The minimum absolute atomic E-state index is 0.0496. The lowest BCUT2D eigenvalue weighted by molar-refractivity contribution is 0.0954. The van der Waals surface area contributed by atoms with Gasteiger partial charge in [-0.2, -0.15) is 10.2 Å². The molecule has 0 saturated carbocycles. The number of rotatable bonds is 5. The van der Waals surface area contributed by atoms with Gasteiger partial charge in [-0.3, -0.25) is 9.59 Å². The van der Waals surface area contributed by atoms with Gasteiger partial charge in [0.1, 0.15) is 5.56 Å². The zero-order valence-electron chi connectivity index (χ0n) is 16.2. The molecule has 0 fully saturated rings. The van der Waals surface area contributed by atoms with Crippen molar-refractivity contribution in [3.8, 4) is 22.4 Å². The second-order valence-electron chi connectivity index (χ2n) is 6.64. The highest BCUT2D eigenvalue weighted by molar-refractivity contribution is 9.10. The van der Waals surface area contributed by atoms with Crippen LogP contribution in [0.25, 0.3) is 22.4 Å². The number of hydrazone groups is 1. The van der Waals surface area contributed by atoms with Gasteiger partial charge >= 0.3 is 0 Å². The van der Waals surface area contributed by atoms with Gasteiger partial charge in [-0.15, -0.1) is 0 Å². The molecule has 1 aromatic heterocycles. The van der Waals surface area contributed by atoms with Crippen LogP contribution in [-0.2, 0) is 0 Å². The lowest BCUT2D eigenvalue weighted by Gasteiger charge is -2.12. The third-order valence-corrected chi connectivity index (χ3v) is 5.04. The highest BCUT2D eigenvalue weighted by Crippen LogP contribution is 2.31. The van der Waals surface area contributed by atoms with E-state index in [-0.39, 0.29) is 5.56 Å². The molecule has 0 bridgehead atoms. The van der Waals surface area contributed by atoms with E-state index in [9.17, 15) is 9.59 Å². The summed E-state index contributed by atoms with van der Waals surface area (Å²) in [4.78, 5) is 25.7. The van der Waals surface area contributed by atoms with Gasteiger partial charge in [0.15, 0.2) is 0 Å². The molecular weight excluding hydrogens is 456 g/mol. The maximum atomic E-state index is 13.0. The minimum atomic E-state index is -0.620. The quantitative estimate of drug-likeness (QED) is 0.327. The van der Waals surface area contributed by atoms with Crippen molar-refractivity contribution in [1.29, 1.82) is 0 Å². The third-order valence-electron chi connectivity index (χ3n) is 4.55. The number of hydrogen-bond acceptors (Lipinski definition) is 4. The van der Waals surface area contributed by atoms with E-state index in [2.05, 4.69) is 36.7 Å². The van der Waals surface area contributed by atoms with Crippen molar-refractivity contribution >= 4 is 28.1 Å². The normalized spacial score (nSPS) is 10.9. The number of benzene rings is 3. The largest absolute Gasteiger partial charge is 0.277 e. The first kappa shape index (κ1) is 20.4. The van der Waals surface area contributed by atoms with E-state index >= 15 is 0 Å². The van der Waals surface area contributed by atoms with E-state index in [0.717, 1.165) is 15.6 Å². The highest BCUT2D eigenvalue weighted by Gasteiger charge is 2.22. The Labute approximate surface area is 186 Å². The summed E-state index contributed by atoms with van der Waals surface area (Å²) in [6.07, 6.45) is 1.51. The zero-order chi connectivity index (χ0) is 21.6. The van der Waals surface area contributed by atoms with Crippen LogP contribution < -0.4 is 11.0 Å². The Balaban J connectivity index is 1.78. The molecule has 0 unspecified atom stereocenters. The van der Waals surface area contributed by atoms with Crippen LogP contribution in [0.3, 0.4) is 0 Å². The van der Waals surface area contributed by atoms with Gasteiger partial charge in [0.05, 0.1) is 11.9 Å². The summed E-state index contributed by atoms with van der Waals surface area (Å²) in [5, 5.41) is 10.7. The van der Waals surface area contributed by atoms with Gasteiger partial charge in [-0.25, -0.2) is 10.5 Å². The van der Waals surface area contributed by atoms with E-state index < -0.39 is 11.5 Å². The Morgan fingerprint density at radius 2 is 1.61 bits per heavy atom. The van der Waals surface area contributed by atoms with Crippen molar-refractivity contribution in [3.05, 3.63) is 111 Å². The van der Waals surface area contributed by atoms with Crippen molar-refractivity contribution in [3.63, 3.8) is 0 Å². The number of carbonyl (C=O) groups excluding carboxylic acids is 1. The first-order valence-corrected chi connectivity index (χ1v) is 10.3. The maximum absolute atomic E-state index is 13.0. The number of carbonyl (C=O) groups is 1. The molecule has 0 aliphatic rings. The first-order valence-electron chi connectivity index (χ1n) is 9.46. The van der Waals surface area contributed by atoms with E-state index in [1.54, 1.807) is 0 Å². The smallest absolute Gasteiger partial charge is 0.267 e. The van der Waals surface area contributed by atoms with E-state index in [0.29, 0.717) is 16.8 Å². The number of H-pyrrole nitrogens is 1. The Morgan fingerprint density at radius 1 is 0.935 bits per heavy atom.